The fraction of sp³-hybridized carbons (Fsp3) is 0.571. The van der Waals surface area contributed by atoms with E-state index in [0.29, 0.717) is 0 Å². The lowest BCUT2D eigenvalue weighted by Crippen LogP contribution is -2.41. The minimum atomic E-state index is -1.23. The molecular weight excluding hydrogens is 132 g/mol. The molecule has 2 atom stereocenters. The number of carbonyl (C=O) groups is 1. The van der Waals surface area contributed by atoms with E-state index in [0.717, 1.165) is 0 Å². The summed E-state index contributed by atoms with van der Waals surface area (Å²) in [5.41, 5.74) is -1.23. The summed E-state index contributed by atoms with van der Waals surface area (Å²) in [6.07, 6.45) is 1.68. The van der Waals surface area contributed by atoms with E-state index < -0.39 is 11.7 Å². The van der Waals surface area contributed by atoms with Crippen molar-refractivity contribution in [2.45, 2.75) is 25.0 Å². The van der Waals surface area contributed by atoms with Crippen molar-refractivity contribution in [3.8, 4) is 0 Å². The predicted molar refractivity (Wildman–Crippen MR) is 35.4 cm³/mol. The Morgan fingerprint density at radius 3 is 2.80 bits per heavy atom. The molecule has 2 N–H and O–H groups in total. The third kappa shape index (κ3) is 1.25. The van der Waals surface area contributed by atoms with Crippen molar-refractivity contribution in [3.63, 3.8) is 0 Å². The molecule has 0 aromatic heterocycles. The smallest absolute Gasteiger partial charge is 0.158 e. The average Bonchev–Trinajstić information content (AvgIpc) is 1.81. The van der Waals surface area contributed by atoms with Crippen molar-refractivity contribution in [2.75, 3.05) is 0 Å². The molecule has 1 rings (SSSR count). The fourth-order valence-electron chi connectivity index (χ4n) is 0.838. The van der Waals surface area contributed by atoms with Crippen molar-refractivity contribution < 1.29 is 15.0 Å². The summed E-state index contributed by atoms with van der Waals surface area (Å²) >= 11 is 0. The number of aliphatic hydroxyl groups is 2. The number of hydrogen-bond acceptors (Lipinski definition) is 3. The maximum absolute atomic E-state index is 10.6. The normalized spacial score (nSPS) is 40.3. The molecule has 56 valence electrons. The molecule has 0 aromatic rings. The SMILES string of the molecule is C[C@]1(O)C=CC(=O)C[C@H]1O. The second kappa shape index (κ2) is 2.18. The summed E-state index contributed by atoms with van der Waals surface area (Å²) in [6.45, 7) is 1.47. The summed E-state index contributed by atoms with van der Waals surface area (Å²) in [5.74, 6) is -0.140. The predicted octanol–water partition coefficient (Wildman–Crippen LogP) is -0.373. The van der Waals surface area contributed by atoms with E-state index in [1.807, 2.05) is 0 Å². The Balaban J connectivity index is 2.82. The molecule has 0 aromatic carbocycles. The highest BCUT2D eigenvalue weighted by Crippen LogP contribution is 2.19. The van der Waals surface area contributed by atoms with Crippen LogP contribution in [-0.4, -0.2) is 27.7 Å². The van der Waals surface area contributed by atoms with Gasteiger partial charge in [-0.3, -0.25) is 4.79 Å². The van der Waals surface area contributed by atoms with E-state index in [9.17, 15) is 9.90 Å². The molecule has 1 aliphatic carbocycles. The Labute approximate surface area is 59.0 Å². The molecule has 0 saturated heterocycles. The summed E-state index contributed by atoms with van der Waals surface area (Å²) in [4.78, 5) is 10.6. The molecule has 0 unspecified atom stereocenters. The molecule has 0 spiro atoms. The van der Waals surface area contributed by atoms with Gasteiger partial charge in [-0.05, 0) is 19.1 Å². The summed E-state index contributed by atoms with van der Waals surface area (Å²) in [6, 6.07) is 0. The maximum Gasteiger partial charge on any atom is 0.158 e. The Bertz CT molecular complexity index is 181. The van der Waals surface area contributed by atoms with Gasteiger partial charge in [0.05, 0.1) is 6.10 Å². The van der Waals surface area contributed by atoms with Gasteiger partial charge in [0.25, 0.3) is 0 Å². The first-order valence-electron chi connectivity index (χ1n) is 3.15. The summed E-state index contributed by atoms with van der Waals surface area (Å²) in [7, 11) is 0. The van der Waals surface area contributed by atoms with E-state index in [4.69, 9.17) is 5.11 Å². The third-order valence-corrected chi connectivity index (χ3v) is 1.68. The van der Waals surface area contributed by atoms with E-state index in [2.05, 4.69) is 0 Å². The Hall–Kier alpha value is -0.670. The van der Waals surface area contributed by atoms with Crippen molar-refractivity contribution in [1.29, 1.82) is 0 Å². The standard InChI is InChI=1S/C7H10O3/c1-7(10)3-2-5(8)4-6(7)9/h2-3,6,9-10H,4H2,1H3/t6-,7+/m1/s1. The van der Waals surface area contributed by atoms with Crippen LogP contribution in [0.4, 0.5) is 0 Å². The number of hydrogen-bond donors (Lipinski definition) is 2. The van der Waals surface area contributed by atoms with Crippen LogP contribution in [0, 0.1) is 0 Å². The summed E-state index contributed by atoms with van der Waals surface area (Å²) in [5, 5.41) is 18.4. The third-order valence-electron chi connectivity index (χ3n) is 1.68. The minimum Gasteiger partial charge on any atom is -0.389 e. The van der Waals surface area contributed by atoms with Gasteiger partial charge in [0, 0.05) is 6.42 Å². The topological polar surface area (TPSA) is 57.5 Å². The van der Waals surface area contributed by atoms with Crippen LogP contribution in [0.25, 0.3) is 0 Å². The van der Waals surface area contributed by atoms with E-state index >= 15 is 0 Å². The molecule has 3 heteroatoms. The average molecular weight is 142 g/mol. The zero-order chi connectivity index (χ0) is 7.78. The lowest BCUT2D eigenvalue weighted by molar-refractivity contribution is -0.121. The molecule has 3 nitrogen and oxygen atoms in total. The molecule has 0 bridgehead atoms. The van der Waals surface area contributed by atoms with Crippen LogP contribution in [0.2, 0.25) is 0 Å². The van der Waals surface area contributed by atoms with Gasteiger partial charge in [-0.2, -0.15) is 0 Å². The van der Waals surface area contributed by atoms with Crippen LogP contribution in [0.5, 0.6) is 0 Å². The van der Waals surface area contributed by atoms with Crippen LogP contribution >= 0.6 is 0 Å². The van der Waals surface area contributed by atoms with Gasteiger partial charge in [0.2, 0.25) is 0 Å². The number of ketones is 1. The monoisotopic (exact) mass is 142 g/mol. The van der Waals surface area contributed by atoms with Crippen LogP contribution in [0.3, 0.4) is 0 Å². The molecule has 0 heterocycles. The number of rotatable bonds is 0. The van der Waals surface area contributed by atoms with Crippen LogP contribution in [0.1, 0.15) is 13.3 Å². The van der Waals surface area contributed by atoms with Gasteiger partial charge in [0.15, 0.2) is 5.78 Å². The van der Waals surface area contributed by atoms with E-state index in [1.54, 1.807) is 0 Å². The molecular formula is C7H10O3. The zero-order valence-electron chi connectivity index (χ0n) is 5.74. The lowest BCUT2D eigenvalue weighted by atomic mass is 9.89. The maximum atomic E-state index is 10.6. The Morgan fingerprint density at radius 1 is 1.80 bits per heavy atom. The van der Waals surface area contributed by atoms with Gasteiger partial charge >= 0.3 is 0 Å². The van der Waals surface area contributed by atoms with Crippen molar-refractivity contribution in [3.05, 3.63) is 12.2 Å². The summed E-state index contributed by atoms with van der Waals surface area (Å²) < 4.78 is 0. The highest BCUT2D eigenvalue weighted by Gasteiger charge is 2.32. The molecule has 10 heavy (non-hydrogen) atoms. The molecule has 0 aliphatic heterocycles. The van der Waals surface area contributed by atoms with Gasteiger partial charge in [-0.15, -0.1) is 0 Å². The first-order valence-corrected chi connectivity index (χ1v) is 3.15. The van der Waals surface area contributed by atoms with Gasteiger partial charge in [0.1, 0.15) is 5.60 Å². The second-order valence-corrected chi connectivity index (χ2v) is 2.75. The van der Waals surface area contributed by atoms with E-state index in [-0.39, 0.29) is 12.2 Å². The highest BCUT2D eigenvalue weighted by molar-refractivity contribution is 5.91. The van der Waals surface area contributed by atoms with Crippen molar-refractivity contribution >= 4 is 5.78 Å². The Kier molecular flexibility index (Phi) is 1.62. The Morgan fingerprint density at radius 2 is 2.40 bits per heavy atom. The second-order valence-electron chi connectivity index (χ2n) is 2.75. The molecule has 0 saturated carbocycles. The molecule has 1 aliphatic rings. The quantitative estimate of drug-likeness (QED) is 0.485. The number of carbonyl (C=O) groups excluding carboxylic acids is 1. The van der Waals surface area contributed by atoms with Gasteiger partial charge < -0.3 is 10.2 Å². The van der Waals surface area contributed by atoms with E-state index in [1.165, 1.54) is 19.1 Å². The molecule has 0 amide bonds. The molecule has 0 fully saturated rings. The zero-order valence-corrected chi connectivity index (χ0v) is 5.74. The van der Waals surface area contributed by atoms with Crippen LogP contribution in [0.15, 0.2) is 12.2 Å². The largest absolute Gasteiger partial charge is 0.389 e. The van der Waals surface area contributed by atoms with Gasteiger partial charge in [-0.25, -0.2) is 0 Å². The van der Waals surface area contributed by atoms with Crippen molar-refractivity contribution in [2.24, 2.45) is 0 Å². The van der Waals surface area contributed by atoms with Crippen LogP contribution in [-0.2, 0) is 4.79 Å². The lowest BCUT2D eigenvalue weighted by Gasteiger charge is -2.27. The minimum absolute atomic E-state index is 0.0174. The molecule has 0 radical (unpaired) electrons. The first kappa shape index (κ1) is 7.44. The van der Waals surface area contributed by atoms with Crippen molar-refractivity contribution in [1.82, 2.24) is 0 Å². The first-order chi connectivity index (χ1) is 4.52. The van der Waals surface area contributed by atoms with Crippen LogP contribution < -0.4 is 0 Å². The number of aliphatic hydroxyl groups excluding tert-OH is 1. The number of allylic oxidation sites excluding steroid dienone is 1. The highest BCUT2D eigenvalue weighted by atomic mass is 16.3. The van der Waals surface area contributed by atoms with Gasteiger partial charge in [-0.1, -0.05) is 0 Å². The fourth-order valence-corrected chi connectivity index (χ4v) is 0.838.